The van der Waals surface area contributed by atoms with Crippen molar-refractivity contribution in [1.29, 1.82) is 0 Å². The maximum atomic E-state index is 6.08. The highest BCUT2D eigenvalue weighted by Gasteiger charge is 2.27. The van der Waals surface area contributed by atoms with Crippen molar-refractivity contribution in [1.82, 2.24) is 9.88 Å². The van der Waals surface area contributed by atoms with Gasteiger partial charge < -0.3 is 10.6 Å². The van der Waals surface area contributed by atoms with Gasteiger partial charge in [-0.3, -0.25) is 0 Å². The van der Waals surface area contributed by atoms with Gasteiger partial charge >= 0.3 is 0 Å². The van der Waals surface area contributed by atoms with Gasteiger partial charge in [0.15, 0.2) is 0 Å². The van der Waals surface area contributed by atoms with Crippen LogP contribution in [0, 0.1) is 0 Å². The van der Waals surface area contributed by atoms with E-state index in [9.17, 15) is 0 Å². The van der Waals surface area contributed by atoms with Crippen LogP contribution in [0.5, 0.6) is 0 Å². The Morgan fingerprint density at radius 1 is 1.53 bits per heavy atom. The molecule has 1 aliphatic rings. The minimum atomic E-state index is 0.333. The molecule has 1 heterocycles. The molecule has 0 aromatic carbocycles. The molecular weight excluding hydrogens is 206 g/mol. The molecule has 1 aromatic rings. The molecule has 1 saturated carbocycles. The molecule has 2 N–H and O–H groups in total. The summed E-state index contributed by atoms with van der Waals surface area (Å²) in [4.78, 5) is 6.83. The van der Waals surface area contributed by atoms with Crippen molar-refractivity contribution in [3.05, 3.63) is 16.1 Å². The highest BCUT2D eigenvalue weighted by Crippen LogP contribution is 2.33. The highest BCUT2D eigenvalue weighted by atomic mass is 32.1. The van der Waals surface area contributed by atoms with E-state index in [0.717, 1.165) is 13.0 Å². The zero-order valence-corrected chi connectivity index (χ0v) is 10.3. The van der Waals surface area contributed by atoms with Gasteiger partial charge in [-0.1, -0.05) is 6.42 Å². The first kappa shape index (κ1) is 11.0. The molecule has 1 fully saturated rings. The van der Waals surface area contributed by atoms with Gasteiger partial charge in [0.1, 0.15) is 5.01 Å². The van der Waals surface area contributed by atoms with Gasteiger partial charge in [0.2, 0.25) is 0 Å². The summed E-state index contributed by atoms with van der Waals surface area (Å²) in [6.07, 6.45) is 3.63. The number of hydrogen-bond acceptors (Lipinski definition) is 4. The van der Waals surface area contributed by atoms with E-state index in [4.69, 9.17) is 5.73 Å². The molecule has 15 heavy (non-hydrogen) atoms. The monoisotopic (exact) mass is 225 g/mol. The summed E-state index contributed by atoms with van der Waals surface area (Å²) in [7, 11) is 4.14. The molecule has 0 saturated heterocycles. The predicted octanol–water partition coefficient (Wildman–Crippen LogP) is 1.80. The number of nitrogens with two attached hydrogens (primary N) is 1. The molecule has 2 unspecified atom stereocenters. The Labute approximate surface area is 95.3 Å². The lowest BCUT2D eigenvalue weighted by Crippen LogP contribution is -2.23. The molecule has 84 valence electrons. The van der Waals surface area contributed by atoms with Gasteiger partial charge in [0.25, 0.3) is 0 Å². The first-order valence-electron chi connectivity index (χ1n) is 5.51. The quantitative estimate of drug-likeness (QED) is 0.853. The minimum Gasteiger partial charge on any atom is -0.327 e. The molecule has 3 nitrogen and oxygen atoms in total. The van der Waals surface area contributed by atoms with Crippen LogP contribution in [-0.2, 0) is 6.54 Å². The van der Waals surface area contributed by atoms with Gasteiger partial charge in [-0.25, -0.2) is 4.98 Å². The molecule has 1 aliphatic carbocycles. The van der Waals surface area contributed by atoms with Crippen molar-refractivity contribution in [3.63, 3.8) is 0 Å². The van der Waals surface area contributed by atoms with E-state index in [1.807, 2.05) is 0 Å². The molecule has 0 aliphatic heterocycles. The van der Waals surface area contributed by atoms with Crippen LogP contribution in [0.1, 0.15) is 35.9 Å². The topological polar surface area (TPSA) is 42.2 Å². The van der Waals surface area contributed by atoms with Crippen molar-refractivity contribution in [2.24, 2.45) is 5.73 Å². The zero-order chi connectivity index (χ0) is 10.8. The van der Waals surface area contributed by atoms with E-state index in [1.54, 1.807) is 11.3 Å². The number of rotatable bonds is 3. The minimum absolute atomic E-state index is 0.333. The zero-order valence-electron chi connectivity index (χ0n) is 9.44. The fourth-order valence-electron chi connectivity index (χ4n) is 2.19. The van der Waals surface area contributed by atoms with Crippen molar-refractivity contribution in [2.75, 3.05) is 14.1 Å². The van der Waals surface area contributed by atoms with Crippen LogP contribution in [0.2, 0.25) is 0 Å². The van der Waals surface area contributed by atoms with Gasteiger partial charge in [0, 0.05) is 23.9 Å². The van der Waals surface area contributed by atoms with E-state index < -0.39 is 0 Å². The van der Waals surface area contributed by atoms with Crippen molar-refractivity contribution in [2.45, 2.75) is 37.8 Å². The Hall–Kier alpha value is -0.450. The second kappa shape index (κ2) is 4.60. The third-order valence-corrected chi connectivity index (χ3v) is 3.82. The number of nitrogens with zero attached hydrogens (tertiary/aromatic N) is 2. The lowest BCUT2D eigenvalue weighted by atomic mass is 10.0. The van der Waals surface area contributed by atoms with Gasteiger partial charge in [0.05, 0.1) is 5.69 Å². The van der Waals surface area contributed by atoms with Crippen molar-refractivity contribution >= 4 is 11.3 Å². The predicted molar refractivity (Wildman–Crippen MR) is 64.1 cm³/mol. The maximum absolute atomic E-state index is 6.08. The molecule has 0 amide bonds. The summed E-state index contributed by atoms with van der Waals surface area (Å²) < 4.78 is 0. The van der Waals surface area contributed by atoms with Crippen LogP contribution in [-0.4, -0.2) is 30.0 Å². The fraction of sp³-hybridized carbons (Fsp3) is 0.727. The lowest BCUT2D eigenvalue weighted by Gasteiger charge is -2.12. The van der Waals surface area contributed by atoms with Crippen LogP contribution in [0.15, 0.2) is 5.38 Å². The van der Waals surface area contributed by atoms with Gasteiger partial charge in [-0.15, -0.1) is 11.3 Å². The molecule has 2 rings (SSSR count). The molecule has 0 radical (unpaired) electrons. The molecule has 1 aromatic heterocycles. The third kappa shape index (κ3) is 2.56. The van der Waals surface area contributed by atoms with Crippen LogP contribution < -0.4 is 5.73 Å². The summed E-state index contributed by atoms with van der Waals surface area (Å²) in [5.41, 5.74) is 7.30. The van der Waals surface area contributed by atoms with Crippen molar-refractivity contribution in [3.8, 4) is 0 Å². The summed E-state index contributed by atoms with van der Waals surface area (Å²) >= 11 is 1.76. The van der Waals surface area contributed by atoms with Gasteiger partial charge in [-0.05, 0) is 26.9 Å². The normalized spacial score (nSPS) is 26.4. The van der Waals surface area contributed by atoms with E-state index in [2.05, 4.69) is 29.4 Å². The summed E-state index contributed by atoms with van der Waals surface area (Å²) in [5, 5.41) is 3.39. The second-order valence-corrected chi connectivity index (χ2v) is 5.55. The lowest BCUT2D eigenvalue weighted by molar-refractivity contribution is 0.400. The molecule has 0 bridgehead atoms. The Morgan fingerprint density at radius 2 is 2.33 bits per heavy atom. The van der Waals surface area contributed by atoms with Crippen molar-refractivity contribution < 1.29 is 0 Å². The van der Waals surface area contributed by atoms with Crippen LogP contribution in [0.3, 0.4) is 0 Å². The number of aromatic nitrogens is 1. The Morgan fingerprint density at radius 3 is 2.93 bits per heavy atom. The fourth-order valence-corrected chi connectivity index (χ4v) is 3.17. The van der Waals surface area contributed by atoms with E-state index in [0.29, 0.717) is 12.0 Å². The van der Waals surface area contributed by atoms with Crippen LogP contribution in [0.4, 0.5) is 0 Å². The van der Waals surface area contributed by atoms with Gasteiger partial charge in [-0.2, -0.15) is 0 Å². The largest absolute Gasteiger partial charge is 0.327 e. The Balaban J connectivity index is 2.06. The number of hydrogen-bond donors (Lipinski definition) is 1. The molecular formula is C11H19N3S. The van der Waals surface area contributed by atoms with Crippen LogP contribution >= 0.6 is 11.3 Å². The SMILES string of the molecule is CN(C)Cc1nc(C2CCCC2N)cs1. The second-order valence-electron chi connectivity index (χ2n) is 4.61. The Kier molecular flexibility index (Phi) is 3.38. The Bertz CT molecular complexity index is 321. The maximum Gasteiger partial charge on any atom is 0.107 e. The molecule has 0 spiro atoms. The van der Waals surface area contributed by atoms with E-state index >= 15 is 0 Å². The first-order chi connectivity index (χ1) is 7.16. The van der Waals surface area contributed by atoms with E-state index in [1.165, 1.54) is 23.5 Å². The molecule has 2 atom stereocenters. The third-order valence-electron chi connectivity index (χ3n) is 2.97. The average Bonchev–Trinajstić information content (AvgIpc) is 2.72. The van der Waals surface area contributed by atoms with Crippen LogP contribution in [0.25, 0.3) is 0 Å². The number of thiazole rings is 1. The first-order valence-corrected chi connectivity index (χ1v) is 6.39. The standard InChI is InChI=1S/C11H19N3S/c1-14(2)6-11-13-10(7-15-11)8-4-3-5-9(8)12/h7-9H,3-6,12H2,1-2H3. The average molecular weight is 225 g/mol. The highest BCUT2D eigenvalue weighted by molar-refractivity contribution is 7.09. The summed E-state index contributed by atoms with van der Waals surface area (Å²) in [5.74, 6) is 0.511. The van der Waals surface area contributed by atoms with E-state index in [-0.39, 0.29) is 0 Å². The summed E-state index contributed by atoms with van der Waals surface area (Å²) in [6.45, 7) is 0.937. The smallest absolute Gasteiger partial charge is 0.107 e. The molecule has 4 heteroatoms. The summed E-state index contributed by atoms with van der Waals surface area (Å²) in [6, 6.07) is 0.333.